The maximum Gasteiger partial charge on any atom is 0.0769 e. The van der Waals surface area contributed by atoms with Gasteiger partial charge in [0, 0.05) is 38.5 Å². The van der Waals surface area contributed by atoms with Gasteiger partial charge in [-0.25, -0.2) is 0 Å². The molecule has 0 aromatic heterocycles. The predicted octanol–water partition coefficient (Wildman–Crippen LogP) is 4.13. The number of ether oxygens (including phenoxy) is 4. The van der Waals surface area contributed by atoms with Crippen molar-refractivity contribution in [1.29, 1.82) is 0 Å². The summed E-state index contributed by atoms with van der Waals surface area (Å²) in [5, 5.41) is 0. The van der Waals surface area contributed by atoms with E-state index in [9.17, 15) is 0 Å². The first-order valence-corrected chi connectivity index (χ1v) is 9.48. The van der Waals surface area contributed by atoms with Crippen molar-refractivity contribution in [1.82, 2.24) is 0 Å². The van der Waals surface area contributed by atoms with E-state index >= 15 is 0 Å². The fourth-order valence-electron chi connectivity index (χ4n) is 5.83. The van der Waals surface area contributed by atoms with E-state index < -0.39 is 0 Å². The lowest BCUT2D eigenvalue weighted by atomic mass is 9.48. The van der Waals surface area contributed by atoms with Crippen molar-refractivity contribution in [2.45, 2.75) is 60.9 Å². The second-order valence-corrected chi connectivity index (χ2v) is 8.19. The number of rotatable bonds is 12. The maximum absolute atomic E-state index is 6.37. The fraction of sp³-hybridized carbons (Fsp3) is 0.636. The Morgan fingerprint density at radius 2 is 0.654 bits per heavy atom. The van der Waals surface area contributed by atoms with E-state index in [0.29, 0.717) is 26.4 Å². The summed E-state index contributed by atoms with van der Waals surface area (Å²) >= 11 is 0. The Labute approximate surface area is 157 Å². The third-order valence-corrected chi connectivity index (χ3v) is 5.90. The van der Waals surface area contributed by atoms with Gasteiger partial charge in [-0.2, -0.15) is 0 Å². The first kappa shape index (κ1) is 19.6. The molecule has 144 valence electrons. The van der Waals surface area contributed by atoms with Gasteiger partial charge in [0.15, 0.2) is 0 Å². The van der Waals surface area contributed by atoms with Crippen LogP contribution in [0.5, 0.6) is 0 Å². The Morgan fingerprint density at radius 1 is 0.462 bits per heavy atom. The maximum atomic E-state index is 6.37. The van der Waals surface area contributed by atoms with E-state index in [-0.39, 0.29) is 22.4 Å². The Morgan fingerprint density at radius 3 is 0.808 bits per heavy atom. The first-order valence-electron chi connectivity index (χ1n) is 9.48. The minimum absolute atomic E-state index is 0.313. The van der Waals surface area contributed by atoms with Gasteiger partial charge in [-0.3, -0.25) is 0 Å². The summed E-state index contributed by atoms with van der Waals surface area (Å²) in [4.78, 5) is 0. The molecule has 0 unspecified atom stereocenters. The van der Waals surface area contributed by atoms with Crippen LogP contribution in [0.15, 0.2) is 50.6 Å². The average Bonchev–Trinajstić information content (AvgIpc) is 2.60. The summed E-state index contributed by atoms with van der Waals surface area (Å²) < 4.78 is 25.5. The van der Waals surface area contributed by atoms with E-state index in [1.807, 2.05) is 24.3 Å². The van der Waals surface area contributed by atoms with Crippen molar-refractivity contribution in [3.05, 3.63) is 50.6 Å². The molecule has 0 amide bonds. The zero-order valence-corrected chi connectivity index (χ0v) is 15.8. The van der Waals surface area contributed by atoms with Crippen molar-refractivity contribution in [3.8, 4) is 0 Å². The fourth-order valence-corrected chi connectivity index (χ4v) is 5.83. The summed E-state index contributed by atoms with van der Waals surface area (Å²) in [5.41, 5.74) is -1.25. The van der Waals surface area contributed by atoms with Crippen LogP contribution in [0, 0.1) is 0 Å². The smallest absolute Gasteiger partial charge is 0.0769 e. The minimum Gasteiger partial charge on any atom is -0.371 e. The van der Waals surface area contributed by atoms with E-state index in [0.717, 1.165) is 38.5 Å². The summed E-state index contributed by atoms with van der Waals surface area (Å²) in [5.74, 6) is 0. The van der Waals surface area contributed by atoms with Gasteiger partial charge >= 0.3 is 0 Å². The molecule has 4 heteroatoms. The van der Waals surface area contributed by atoms with Gasteiger partial charge in [0.05, 0.1) is 48.8 Å². The molecule has 0 N–H and O–H groups in total. The van der Waals surface area contributed by atoms with Crippen LogP contribution in [0.25, 0.3) is 0 Å². The molecule has 4 fully saturated rings. The highest BCUT2D eigenvalue weighted by Gasteiger charge is 2.70. The molecule has 0 aromatic rings. The Bertz CT molecular complexity index is 431. The van der Waals surface area contributed by atoms with Crippen LogP contribution in [0.3, 0.4) is 0 Å². The topological polar surface area (TPSA) is 36.9 Å². The van der Waals surface area contributed by atoms with Crippen molar-refractivity contribution in [3.63, 3.8) is 0 Å². The highest BCUT2D eigenvalue weighted by atomic mass is 16.6. The first-order chi connectivity index (χ1) is 12.5. The van der Waals surface area contributed by atoms with E-state index in [4.69, 9.17) is 18.9 Å². The van der Waals surface area contributed by atoms with Crippen LogP contribution in [-0.4, -0.2) is 48.8 Å². The third kappa shape index (κ3) is 3.61. The average molecular weight is 360 g/mol. The molecule has 4 aliphatic rings. The molecule has 0 spiro atoms. The highest BCUT2D eigenvalue weighted by Crippen LogP contribution is 2.65. The molecule has 4 rings (SSSR count). The lowest BCUT2D eigenvalue weighted by molar-refractivity contribution is -0.328. The van der Waals surface area contributed by atoms with E-state index in [2.05, 4.69) is 26.3 Å². The van der Waals surface area contributed by atoms with Crippen molar-refractivity contribution >= 4 is 0 Å². The standard InChI is InChI=1S/C22H32O4/c1-5-9-23-19-13-20(24-10-6-2)16-21(14-19,25-11-7-3)18-22(15-19,17-20)26-12-8-4/h5-8H,1-4,9-18H2. The Kier molecular flexibility index (Phi) is 5.59. The molecule has 4 saturated carbocycles. The van der Waals surface area contributed by atoms with Gasteiger partial charge < -0.3 is 18.9 Å². The molecular formula is C22H32O4. The summed E-state index contributed by atoms with van der Waals surface area (Å²) in [6.45, 7) is 17.4. The second kappa shape index (κ2) is 7.43. The Balaban J connectivity index is 1.98. The van der Waals surface area contributed by atoms with Gasteiger partial charge in [-0.05, 0) is 0 Å². The molecule has 0 radical (unpaired) electrons. The lowest BCUT2D eigenvalue weighted by Gasteiger charge is -2.68. The summed E-state index contributed by atoms with van der Waals surface area (Å²) in [6, 6.07) is 0. The van der Waals surface area contributed by atoms with Gasteiger partial charge in [-0.15, -0.1) is 26.3 Å². The second-order valence-electron chi connectivity index (χ2n) is 8.19. The normalized spacial score (nSPS) is 40.3. The van der Waals surface area contributed by atoms with Crippen LogP contribution in [-0.2, 0) is 18.9 Å². The molecule has 4 bridgehead atoms. The van der Waals surface area contributed by atoms with Crippen LogP contribution in [0.1, 0.15) is 38.5 Å². The van der Waals surface area contributed by atoms with Crippen LogP contribution >= 0.6 is 0 Å². The molecule has 0 heterocycles. The predicted molar refractivity (Wildman–Crippen MR) is 103 cm³/mol. The molecule has 4 nitrogen and oxygen atoms in total. The van der Waals surface area contributed by atoms with Gasteiger partial charge in [0.1, 0.15) is 0 Å². The molecule has 4 aliphatic carbocycles. The largest absolute Gasteiger partial charge is 0.371 e. The van der Waals surface area contributed by atoms with Crippen molar-refractivity contribution < 1.29 is 18.9 Å². The van der Waals surface area contributed by atoms with Crippen molar-refractivity contribution in [2.24, 2.45) is 0 Å². The monoisotopic (exact) mass is 360 g/mol. The molecule has 0 saturated heterocycles. The van der Waals surface area contributed by atoms with Gasteiger partial charge in [0.2, 0.25) is 0 Å². The quantitative estimate of drug-likeness (QED) is 0.490. The molecular weight excluding hydrogens is 328 g/mol. The number of hydrogen-bond donors (Lipinski definition) is 0. The van der Waals surface area contributed by atoms with Crippen LogP contribution < -0.4 is 0 Å². The molecule has 26 heavy (non-hydrogen) atoms. The van der Waals surface area contributed by atoms with Crippen LogP contribution in [0.2, 0.25) is 0 Å². The minimum atomic E-state index is -0.313. The van der Waals surface area contributed by atoms with Gasteiger partial charge in [-0.1, -0.05) is 24.3 Å². The van der Waals surface area contributed by atoms with Gasteiger partial charge in [0.25, 0.3) is 0 Å². The van der Waals surface area contributed by atoms with E-state index in [1.54, 1.807) is 0 Å². The summed E-state index contributed by atoms with van der Waals surface area (Å²) in [7, 11) is 0. The highest BCUT2D eigenvalue weighted by molar-refractivity contribution is 5.23. The Hall–Kier alpha value is -1.20. The van der Waals surface area contributed by atoms with Crippen molar-refractivity contribution in [2.75, 3.05) is 26.4 Å². The van der Waals surface area contributed by atoms with E-state index in [1.165, 1.54) is 0 Å². The summed E-state index contributed by atoms with van der Waals surface area (Å²) in [6.07, 6.45) is 12.4. The lowest BCUT2D eigenvalue weighted by Crippen LogP contribution is -2.74. The van der Waals surface area contributed by atoms with Crippen LogP contribution in [0.4, 0.5) is 0 Å². The number of hydrogen-bond acceptors (Lipinski definition) is 4. The third-order valence-electron chi connectivity index (χ3n) is 5.90. The zero-order chi connectivity index (χ0) is 18.7. The molecule has 0 aliphatic heterocycles. The zero-order valence-electron chi connectivity index (χ0n) is 15.8. The molecule has 0 atom stereocenters. The molecule has 0 aromatic carbocycles. The SMILES string of the molecule is C=CCOC12CC3(OCC=C)CC(OCC=C)(C1)CC(OCC=C)(C2)C3.